The molecule has 0 aromatic heterocycles. The first kappa shape index (κ1) is 18.9. The Kier molecular flexibility index (Phi) is 5.72. The SMILES string of the molecule is COc1ccc(S(OC(C)=O)(c2ccccc2)c2ccc(OC)cc2)cc1. The van der Waals surface area contributed by atoms with Crippen molar-refractivity contribution in [2.24, 2.45) is 0 Å². The van der Waals surface area contributed by atoms with Gasteiger partial charge in [-0.25, -0.2) is 0 Å². The van der Waals surface area contributed by atoms with E-state index < -0.39 is 10.3 Å². The third-order valence-corrected chi connectivity index (χ3v) is 7.39. The lowest BCUT2D eigenvalue weighted by molar-refractivity contribution is -0.131. The number of methoxy groups -OCH3 is 2. The first-order valence-electron chi connectivity index (χ1n) is 8.47. The highest BCUT2D eigenvalue weighted by Gasteiger charge is 2.34. The highest BCUT2D eigenvalue weighted by molar-refractivity contribution is 8.30. The standard InChI is InChI=1S/C22H22O4S/c1-17(23)26-27(20-7-5-4-6-8-20,21-13-9-18(24-2)10-14-21)22-15-11-19(25-3)12-16-22/h4-16H,1-3H3. The second-order valence-electron chi connectivity index (χ2n) is 5.80. The van der Waals surface area contributed by atoms with Crippen molar-refractivity contribution in [1.29, 1.82) is 0 Å². The van der Waals surface area contributed by atoms with Crippen LogP contribution in [-0.4, -0.2) is 20.2 Å². The van der Waals surface area contributed by atoms with Gasteiger partial charge in [0.15, 0.2) is 0 Å². The molecule has 3 aromatic rings. The highest BCUT2D eigenvalue weighted by Crippen LogP contribution is 2.69. The molecule has 0 spiro atoms. The van der Waals surface area contributed by atoms with Gasteiger partial charge in [-0.2, -0.15) is 0 Å². The number of carbonyl (C=O) groups is 1. The minimum atomic E-state index is -2.24. The fraction of sp³-hybridized carbons (Fsp3) is 0.136. The van der Waals surface area contributed by atoms with Crippen LogP contribution in [0.4, 0.5) is 0 Å². The molecule has 3 aromatic carbocycles. The van der Waals surface area contributed by atoms with Crippen LogP contribution in [0, 0.1) is 0 Å². The molecule has 3 rings (SSSR count). The highest BCUT2D eigenvalue weighted by atomic mass is 32.3. The van der Waals surface area contributed by atoms with Crippen LogP contribution in [0.25, 0.3) is 0 Å². The zero-order valence-electron chi connectivity index (χ0n) is 15.5. The number of carbonyl (C=O) groups excluding carboxylic acids is 1. The number of hydrogen-bond acceptors (Lipinski definition) is 4. The molecular weight excluding hydrogens is 360 g/mol. The van der Waals surface area contributed by atoms with E-state index in [1.54, 1.807) is 14.2 Å². The topological polar surface area (TPSA) is 44.8 Å². The molecule has 27 heavy (non-hydrogen) atoms. The van der Waals surface area contributed by atoms with E-state index in [9.17, 15) is 4.79 Å². The van der Waals surface area contributed by atoms with Crippen LogP contribution in [0.15, 0.2) is 93.5 Å². The molecule has 0 saturated carbocycles. The Morgan fingerprint density at radius 3 is 1.44 bits per heavy atom. The molecule has 0 fully saturated rings. The van der Waals surface area contributed by atoms with E-state index >= 15 is 0 Å². The number of benzene rings is 3. The zero-order chi connectivity index (χ0) is 19.3. The van der Waals surface area contributed by atoms with E-state index in [4.69, 9.17) is 13.7 Å². The quantitative estimate of drug-likeness (QED) is 0.567. The summed E-state index contributed by atoms with van der Waals surface area (Å²) in [5, 5.41) is 0. The van der Waals surface area contributed by atoms with Crippen LogP contribution in [-0.2, 0) is 8.98 Å². The summed E-state index contributed by atoms with van der Waals surface area (Å²) < 4.78 is 16.7. The summed E-state index contributed by atoms with van der Waals surface area (Å²) in [6.45, 7) is 1.44. The van der Waals surface area contributed by atoms with Gasteiger partial charge in [0.2, 0.25) is 0 Å². The summed E-state index contributed by atoms with van der Waals surface area (Å²) in [7, 11) is 1.01. The predicted molar refractivity (Wildman–Crippen MR) is 107 cm³/mol. The van der Waals surface area contributed by atoms with Crippen LogP contribution < -0.4 is 9.47 Å². The molecule has 0 aliphatic heterocycles. The van der Waals surface area contributed by atoms with Crippen molar-refractivity contribution in [3.05, 3.63) is 78.9 Å². The molecule has 5 heteroatoms. The molecule has 0 amide bonds. The van der Waals surface area contributed by atoms with Crippen molar-refractivity contribution >= 4 is 16.3 Å². The van der Waals surface area contributed by atoms with Gasteiger partial charge in [-0.15, -0.1) is 0 Å². The fourth-order valence-corrected chi connectivity index (χ4v) is 5.91. The lowest BCUT2D eigenvalue weighted by Crippen LogP contribution is -2.11. The van der Waals surface area contributed by atoms with Crippen molar-refractivity contribution in [2.75, 3.05) is 14.2 Å². The minimum Gasteiger partial charge on any atom is -0.497 e. The molecule has 0 saturated heterocycles. The van der Waals surface area contributed by atoms with Gasteiger partial charge in [0.05, 0.1) is 14.2 Å². The maximum Gasteiger partial charge on any atom is 0.313 e. The summed E-state index contributed by atoms with van der Waals surface area (Å²) in [6, 6.07) is 25.2. The molecule has 0 aliphatic rings. The molecular formula is C22H22O4S. The predicted octanol–water partition coefficient (Wildman–Crippen LogP) is 5.46. The van der Waals surface area contributed by atoms with Gasteiger partial charge in [0.25, 0.3) is 0 Å². The van der Waals surface area contributed by atoms with E-state index in [0.29, 0.717) is 0 Å². The van der Waals surface area contributed by atoms with Gasteiger partial charge in [0, 0.05) is 21.6 Å². The molecule has 0 heterocycles. The third-order valence-electron chi connectivity index (χ3n) is 4.10. The Hall–Kier alpha value is -2.92. The number of hydrogen-bond donors (Lipinski definition) is 0. The van der Waals surface area contributed by atoms with Gasteiger partial charge in [0.1, 0.15) is 11.5 Å². The largest absolute Gasteiger partial charge is 0.497 e. The van der Waals surface area contributed by atoms with Crippen LogP contribution in [0.2, 0.25) is 0 Å². The third kappa shape index (κ3) is 3.78. The van der Waals surface area contributed by atoms with Crippen molar-refractivity contribution < 1.29 is 18.5 Å². The normalized spacial score (nSPS) is 11.5. The van der Waals surface area contributed by atoms with Gasteiger partial charge >= 0.3 is 5.97 Å². The molecule has 0 atom stereocenters. The van der Waals surface area contributed by atoms with Gasteiger partial charge in [-0.3, -0.25) is 4.79 Å². The second kappa shape index (κ2) is 8.18. The summed E-state index contributed by atoms with van der Waals surface area (Å²) >= 11 is 0. The molecule has 4 nitrogen and oxygen atoms in total. The lowest BCUT2D eigenvalue weighted by atomic mass is 10.3. The zero-order valence-corrected chi connectivity index (χ0v) is 16.4. The van der Waals surface area contributed by atoms with Gasteiger partial charge in [-0.1, -0.05) is 18.2 Å². The molecule has 0 N–H and O–H groups in total. The monoisotopic (exact) mass is 382 g/mol. The minimum absolute atomic E-state index is 0.333. The Morgan fingerprint density at radius 2 is 1.07 bits per heavy atom. The average Bonchev–Trinajstić information content (AvgIpc) is 2.73. The Morgan fingerprint density at radius 1 is 0.667 bits per heavy atom. The van der Waals surface area contributed by atoms with Crippen molar-refractivity contribution in [3.8, 4) is 11.5 Å². The first-order chi connectivity index (χ1) is 13.1. The van der Waals surface area contributed by atoms with Crippen molar-refractivity contribution in [2.45, 2.75) is 21.6 Å². The molecule has 0 radical (unpaired) electrons. The summed E-state index contributed by atoms with van der Waals surface area (Å²) in [5.74, 6) is 1.16. The summed E-state index contributed by atoms with van der Waals surface area (Å²) in [6.07, 6.45) is 0. The molecule has 0 aliphatic carbocycles. The summed E-state index contributed by atoms with van der Waals surface area (Å²) in [4.78, 5) is 14.9. The van der Waals surface area contributed by atoms with E-state index in [2.05, 4.69) is 0 Å². The Labute approximate surface area is 161 Å². The lowest BCUT2D eigenvalue weighted by Gasteiger charge is -2.39. The van der Waals surface area contributed by atoms with E-state index in [1.807, 2.05) is 78.9 Å². The smallest absolute Gasteiger partial charge is 0.313 e. The fourth-order valence-electron chi connectivity index (χ4n) is 2.88. The van der Waals surface area contributed by atoms with Crippen LogP contribution in [0.1, 0.15) is 6.92 Å². The first-order valence-corrected chi connectivity index (χ1v) is 10.0. The summed E-state index contributed by atoms with van der Waals surface area (Å²) in [5.41, 5.74) is 0. The maximum atomic E-state index is 12.2. The van der Waals surface area contributed by atoms with E-state index in [-0.39, 0.29) is 5.97 Å². The van der Waals surface area contributed by atoms with Crippen LogP contribution >= 0.6 is 10.3 Å². The van der Waals surface area contributed by atoms with Crippen LogP contribution in [0.5, 0.6) is 11.5 Å². The van der Waals surface area contributed by atoms with Gasteiger partial charge in [-0.05, 0) is 71.0 Å². The number of rotatable bonds is 6. The van der Waals surface area contributed by atoms with Crippen molar-refractivity contribution in [1.82, 2.24) is 0 Å². The van der Waals surface area contributed by atoms with E-state index in [1.165, 1.54) is 6.92 Å². The molecule has 140 valence electrons. The maximum absolute atomic E-state index is 12.2. The average molecular weight is 382 g/mol. The molecule has 0 bridgehead atoms. The second-order valence-corrected chi connectivity index (χ2v) is 8.49. The molecule has 0 unspecified atom stereocenters. The number of ether oxygens (including phenoxy) is 2. The Bertz CT molecular complexity index is 842. The van der Waals surface area contributed by atoms with E-state index in [0.717, 1.165) is 26.2 Å². The van der Waals surface area contributed by atoms with Crippen LogP contribution in [0.3, 0.4) is 0 Å². The Balaban J connectivity index is 2.28. The van der Waals surface area contributed by atoms with Gasteiger partial charge < -0.3 is 13.7 Å². The van der Waals surface area contributed by atoms with Crippen molar-refractivity contribution in [3.63, 3.8) is 0 Å².